The van der Waals surface area contributed by atoms with Crippen molar-refractivity contribution in [2.24, 2.45) is 5.92 Å². The molecule has 3 N–H and O–H groups in total. The van der Waals surface area contributed by atoms with Gasteiger partial charge in [0.1, 0.15) is 5.82 Å². The molecule has 0 radical (unpaired) electrons. The second-order valence-corrected chi connectivity index (χ2v) is 8.58. The molecule has 2 aromatic rings. The molecule has 0 unspecified atom stereocenters. The number of nitrogens with one attached hydrogen (secondary N) is 1. The molecule has 1 atom stereocenters. The Morgan fingerprint density at radius 3 is 2.57 bits per heavy atom. The molecule has 0 spiro atoms. The van der Waals surface area contributed by atoms with Crippen molar-refractivity contribution in [3.63, 3.8) is 0 Å². The van der Waals surface area contributed by atoms with Gasteiger partial charge in [0.25, 0.3) is 0 Å². The van der Waals surface area contributed by atoms with Crippen LogP contribution < -0.4 is 10.2 Å². The van der Waals surface area contributed by atoms with E-state index in [0.29, 0.717) is 5.95 Å². The van der Waals surface area contributed by atoms with Crippen LogP contribution in [0.3, 0.4) is 0 Å². The van der Waals surface area contributed by atoms with E-state index in [1.54, 1.807) is 0 Å². The Hall–Kier alpha value is -2.18. The molecule has 0 saturated carbocycles. The molecule has 1 aliphatic rings. The molecule has 152 valence electrons. The van der Waals surface area contributed by atoms with Crippen LogP contribution in [0.5, 0.6) is 0 Å². The largest absolute Gasteiger partial charge is 0.394 e. The van der Waals surface area contributed by atoms with Gasteiger partial charge in [-0.25, -0.2) is 4.98 Å². The van der Waals surface area contributed by atoms with Crippen molar-refractivity contribution < 1.29 is 10.2 Å². The van der Waals surface area contributed by atoms with Crippen LogP contribution in [0.2, 0.25) is 0 Å². The molecule has 0 bridgehead atoms. The first-order valence-electron chi connectivity index (χ1n) is 10.00. The van der Waals surface area contributed by atoms with Crippen LogP contribution in [0.25, 0.3) is 0 Å². The number of hydrogen-bond acceptors (Lipinski definition) is 6. The van der Waals surface area contributed by atoms with E-state index in [0.717, 1.165) is 36.6 Å². The van der Waals surface area contributed by atoms with Gasteiger partial charge in [-0.2, -0.15) is 4.98 Å². The quantitative estimate of drug-likeness (QED) is 0.710. The Bertz CT molecular complexity index is 830. The first-order valence-corrected chi connectivity index (χ1v) is 10.00. The highest BCUT2D eigenvalue weighted by Gasteiger charge is 2.23. The van der Waals surface area contributed by atoms with Gasteiger partial charge in [0.2, 0.25) is 5.95 Å². The fourth-order valence-electron chi connectivity index (χ4n) is 3.50. The normalized spacial score (nSPS) is 15.5. The summed E-state index contributed by atoms with van der Waals surface area (Å²) in [5.41, 5.74) is 3.58. The maximum atomic E-state index is 10.3. The molecular formula is C22H32N4O2. The Morgan fingerprint density at radius 1 is 1.18 bits per heavy atom. The van der Waals surface area contributed by atoms with Crippen LogP contribution in [0.1, 0.15) is 50.1 Å². The van der Waals surface area contributed by atoms with Gasteiger partial charge in [-0.15, -0.1) is 0 Å². The molecule has 0 fully saturated rings. The van der Waals surface area contributed by atoms with Crippen LogP contribution in [0, 0.1) is 12.8 Å². The van der Waals surface area contributed by atoms with E-state index in [4.69, 9.17) is 4.98 Å². The maximum Gasteiger partial charge on any atom is 0.225 e. The number of fused-ring (bicyclic) bond motifs is 1. The SMILES string of the molecule is Cc1cc(N2CCc3cc(C(C)(C)O)ccc3C2)nc(N[C@H](CO)C(C)C)n1. The van der Waals surface area contributed by atoms with Gasteiger partial charge < -0.3 is 20.4 Å². The zero-order valence-electron chi connectivity index (χ0n) is 17.5. The average Bonchev–Trinajstić information content (AvgIpc) is 2.63. The topological polar surface area (TPSA) is 81.5 Å². The Morgan fingerprint density at radius 2 is 1.93 bits per heavy atom. The lowest BCUT2D eigenvalue weighted by molar-refractivity contribution is 0.0785. The Kier molecular flexibility index (Phi) is 5.91. The van der Waals surface area contributed by atoms with Gasteiger partial charge in [-0.3, -0.25) is 0 Å². The number of aliphatic hydroxyl groups is 2. The van der Waals surface area contributed by atoms with Gasteiger partial charge in [-0.1, -0.05) is 32.0 Å². The van der Waals surface area contributed by atoms with Crippen LogP contribution >= 0.6 is 0 Å². The van der Waals surface area contributed by atoms with Crippen molar-refractivity contribution in [2.45, 2.75) is 59.2 Å². The van der Waals surface area contributed by atoms with Crippen molar-refractivity contribution in [2.75, 3.05) is 23.4 Å². The number of aryl methyl sites for hydroxylation is 1. The van der Waals surface area contributed by atoms with E-state index in [-0.39, 0.29) is 18.6 Å². The number of aromatic nitrogens is 2. The van der Waals surface area contributed by atoms with Crippen LogP contribution in [-0.4, -0.2) is 39.4 Å². The summed E-state index contributed by atoms with van der Waals surface area (Å²) in [5, 5.41) is 23.1. The van der Waals surface area contributed by atoms with Crippen molar-refractivity contribution >= 4 is 11.8 Å². The average molecular weight is 385 g/mol. The van der Waals surface area contributed by atoms with Gasteiger partial charge in [0.05, 0.1) is 18.2 Å². The van der Waals surface area contributed by atoms with Gasteiger partial charge >= 0.3 is 0 Å². The summed E-state index contributed by atoms with van der Waals surface area (Å²) >= 11 is 0. The van der Waals surface area contributed by atoms with E-state index in [1.807, 2.05) is 32.9 Å². The minimum atomic E-state index is -0.823. The summed E-state index contributed by atoms with van der Waals surface area (Å²) in [6, 6.07) is 8.18. The third-order valence-corrected chi connectivity index (χ3v) is 5.41. The second kappa shape index (κ2) is 8.05. The van der Waals surface area contributed by atoms with Crippen molar-refractivity contribution in [1.29, 1.82) is 0 Å². The van der Waals surface area contributed by atoms with E-state index >= 15 is 0 Å². The predicted molar refractivity (Wildman–Crippen MR) is 113 cm³/mol. The minimum absolute atomic E-state index is 0.0466. The van der Waals surface area contributed by atoms with Crippen LogP contribution in [0.4, 0.5) is 11.8 Å². The van der Waals surface area contributed by atoms with E-state index in [2.05, 4.69) is 41.2 Å². The summed E-state index contributed by atoms with van der Waals surface area (Å²) in [4.78, 5) is 11.5. The van der Waals surface area contributed by atoms with Gasteiger partial charge in [0, 0.05) is 24.8 Å². The monoisotopic (exact) mass is 384 g/mol. The summed E-state index contributed by atoms with van der Waals surface area (Å²) < 4.78 is 0. The van der Waals surface area contributed by atoms with Crippen molar-refractivity contribution in [3.8, 4) is 0 Å². The molecule has 0 saturated heterocycles. The Labute approximate surface area is 167 Å². The highest BCUT2D eigenvalue weighted by molar-refractivity contribution is 5.49. The van der Waals surface area contributed by atoms with E-state index in [9.17, 15) is 10.2 Å². The zero-order valence-corrected chi connectivity index (χ0v) is 17.5. The third kappa shape index (κ3) is 4.62. The summed E-state index contributed by atoms with van der Waals surface area (Å²) in [6.45, 7) is 11.4. The zero-order chi connectivity index (χ0) is 20.5. The third-order valence-electron chi connectivity index (χ3n) is 5.41. The fraction of sp³-hybridized carbons (Fsp3) is 0.545. The number of nitrogens with zero attached hydrogens (tertiary/aromatic N) is 3. The minimum Gasteiger partial charge on any atom is -0.394 e. The second-order valence-electron chi connectivity index (χ2n) is 8.58. The standard InChI is InChI=1S/C22H32N4O2/c1-14(2)19(13-27)24-21-23-15(3)10-20(25-21)26-9-8-16-11-18(22(4,5)28)7-6-17(16)12-26/h6-7,10-11,14,19,27-28H,8-9,12-13H2,1-5H3,(H,23,24,25)/t19-/m1/s1. The highest BCUT2D eigenvalue weighted by Crippen LogP contribution is 2.28. The fourth-order valence-corrected chi connectivity index (χ4v) is 3.50. The number of aliphatic hydroxyl groups excluding tert-OH is 1. The van der Waals surface area contributed by atoms with E-state index in [1.165, 1.54) is 11.1 Å². The molecule has 0 aliphatic carbocycles. The van der Waals surface area contributed by atoms with Gasteiger partial charge in [-0.05, 0) is 49.8 Å². The summed E-state index contributed by atoms with van der Waals surface area (Å²) in [6.07, 6.45) is 0.913. The molecular weight excluding hydrogens is 352 g/mol. The molecule has 2 heterocycles. The molecule has 1 aromatic heterocycles. The smallest absolute Gasteiger partial charge is 0.225 e. The summed E-state index contributed by atoms with van der Waals surface area (Å²) in [5.74, 6) is 1.74. The first-order chi connectivity index (χ1) is 13.2. The number of benzene rings is 1. The Balaban J connectivity index is 1.81. The van der Waals surface area contributed by atoms with Crippen LogP contribution in [0.15, 0.2) is 24.3 Å². The molecule has 1 aromatic carbocycles. The van der Waals surface area contributed by atoms with Crippen molar-refractivity contribution in [1.82, 2.24) is 9.97 Å². The summed E-state index contributed by atoms with van der Waals surface area (Å²) in [7, 11) is 0. The molecule has 6 nitrogen and oxygen atoms in total. The maximum absolute atomic E-state index is 10.3. The lowest BCUT2D eigenvalue weighted by Gasteiger charge is -2.31. The van der Waals surface area contributed by atoms with Gasteiger partial charge in [0.15, 0.2) is 0 Å². The highest BCUT2D eigenvalue weighted by atomic mass is 16.3. The predicted octanol–water partition coefficient (Wildman–Crippen LogP) is 3.00. The number of rotatable bonds is 6. The lowest BCUT2D eigenvalue weighted by atomic mass is 9.91. The number of anilines is 2. The molecule has 6 heteroatoms. The lowest BCUT2D eigenvalue weighted by Crippen LogP contribution is -2.33. The molecule has 1 aliphatic heterocycles. The number of hydrogen-bond donors (Lipinski definition) is 3. The first kappa shape index (κ1) is 20.6. The van der Waals surface area contributed by atoms with Crippen molar-refractivity contribution in [3.05, 3.63) is 46.6 Å². The molecule has 3 rings (SSSR count). The van der Waals surface area contributed by atoms with E-state index < -0.39 is 5.60 Å². The molecule has 28 heavy (non-hydrogen) atoms. The van der Waals surface area contributed by atoms with Crippen LogP contribution in [-0.2, 0) is 18.6 Å². The molecule has 0 amide bonds.